The predicted molar refractivity (Wildman–Crippen MR) is 165 cm³/mol. The lowest BCUT2D eigenvalue weighted by atomic mass is 9.98. The molecule has 9 nitrogen and oxygen atoms in total. The number of benzene rings is 3. The predicted octanol–water partition coefficient (Wildman–Crippen LogP) is 6.54. The second-order valence-corrected chi connectivity index (χ2v) is 10.7. The van der Waals surface area contributed by atoms with Gasteiger partial charge in [0.25, 0.3) is 0 Å². The normalized spacial score (nSPS) is 11.2. The number of amides is 1. The lowest BCUT2D eigenvalue weighted by Gasteiger charge is -2.20. The maximum Gasteiger partial charge on any atom is 0.407 e. The van der Waals surface area contributed by atoms with Crippen LogP contribution in [0.15, 0.2) is 60.7 Å². The lowest BCUT2D eigenvalue weighted by Crippen LogP contribution is -2.33. The van der Waals surface area contributed by atoms with Crippen LogP contribution in [0.2, 0.25) is 0 Å². The number of nitrogens with one attached hydrogen (secondary N) is 1. The molecule has 0 saturated carbocycles. The molecule has 9 heteroatoms. The average molecular weight is 592 g/mol. The second-order valence-electron chi connectivity index (χ2n) is 10.7. The van der Waals surface area contributed by atoms with Crippen molar-refractivity contribution in [2.45, 2.75) is 46.3 Å². The van der Waals surface area contributed by atoms with Crippen molar-refractivity contribution >= 4 is 18.0 Å². The Bertz CT molecular complexity index is 1410. The maximum atomic E-state index is 13.6. The van der Waals surface area contributed by atoms with Crippen LogP contribution >= 0.6 is 0 Å². The van der Waals surface area contributed by atoms with Crippen LogP contribution in [0.3, 0.4) is 0 Å². The van der Waals surface area contributed by atoms with Crippen molar-refractivity contribution in [3.63, 3.8) is 0 Å². The van der Waals surface area contributed by atoms with E-state index in [0.29, 0.717) is 47.2 Å². The van der Waals surface area contributed by atoms with Crippen LogP contribution in [0.1, 0.15) is 53.4 Å². The van der Waals surface area contributed by atoms with E-state index in [0.717, 1.165) is 16.7 Å². The highest BCUT2D eigenvalue weighted by atomic mass is 16.7. The molecule has 0 spiro atoms. The molecule has 3 rings (SSSR count). The number of ketones is 1. The molecule has 1 amide bonds. The van der Waals surface area contributed by atoms with Gasteiger partial charge in [-0.15, -0.1) is 0 Å². The van der Waals surface area contributed by atoms with E-state index in [2.05, 4.69) is 5.32 Å². The highest BCUT2D eigenvalue weighted by Gasteiger charge is 2.19. The number of carbonyl (C=O) groups is 2. The van der Waals surface area contributed by atoms with Gasteiger partial charge in [-0.2, -0.15) is 0 Å². The number of hydrogen-bond donors (Lipinski definition) is 1. The number of aryl methyl sites for hydroxylation is 1. The number of allylic oxidation sites excluding steroid dienone is 1. The first-order valence-corrected chi connectivity index (χ1v) is 13.9. The number of carbonyl (C=O) groups excluding carboxylic acids is 2. The van der Waals surface area contributed by atoms with Gasteiger partial charge in [0, 0.05) is 19.2 Å². The van der Waals surface area contributed by atoms with Gasteiger partial charge >= 0.3 is 6.09 Å². The molecule has 0 heterocycles. The Morgan fingerprint density at radius 1 is 0.860 bits per heavy atom. The summed E-state index contributed by atoms with van der Waals surface area (Å²) in [5.41, 5.74) is 3.16. The van der Waals surface area contributed by atoms with Gasteiger partial charge < -0.3 is 33.7 Å². The Morgan fingerprint density at radius 3 is 2.19 bits per heavy atom. The van der Waals surface area contributed by atoms with Gasteiger partial charge in [-0.05, 0) is 86.7 Å². The summed E-state index contributed by atoms with van der Waals surface area (Å²) in [7, 11) is 4.63. The van der Waals surface area contributed by atoms with Gasteiger partial charge in [-0.1, -0.05) is 36.4 Å². The summed E-state index contributed by atoms with van der Waals surface area (Å²) in [4.78, 5) is 25.8. The van der Waals surface area contributed by atoms with Crippen molar-refractivity contribution in [2.75, 3.05) is 34.7 Å². The fraction of sp³-hybridized carbons (Fsp3) is 0.353. The minimum Gasteiger partial charge on any atom is -0.493 e. The van der Waals surface area contributed by atoms with Crippen molar-refractivity contribution in [2.24, 2.45) is 0 Å². The van der Waals surface area contributed by atoms with Crippen LogP contribution in [0.25, 0.3) is 6.08 Å². The maximum absolute atomic E-state index is 13.6. The Balaban J connectivity index is 1.91. The van der Waals surface area contributed by atoms with E-state index < -0.39 is 11.7 Å². The molecular weight excluding hydrogens is 550 g/mol. The van der Waals surface area contributed by atoms with Gasteiger partial charge in [0.2, 0.25) is 0 Å². The molecule has 0 aliphatic rings. The molecule has 0 aromatic heterocycles. The van der Waals surface area contributed by atoms with Crippen LogP contribution in [0, 0.1) is 6.92 Å². The number of ether oxygens (including phenoxy) is 6. The first-order chi connectivity index (χ1) is 20.5. The van der Waals surface area contributed by atoms with E-state index in [1.54, 1.807) is 52.2 Å². The quantitative estimate of drug-likeness (QED) is 0.128. The lowest BCUT2D eigenvalue weighted by molar-refractivity contribution is 0.0491. The summed E-state index contributed by atoms with van der Waals surface area (Å²) in [6.07, 6.45) is 3.05. The number of rotatable bonds is 14. The molecule has 1 N–H and O–H groups in total. The smallest absolute Gasteiger partial charge is 0.407 e. The van der Waals surface area contributed by atoms with Gasteiger partial charge in [0.05, 0.1) is 14.2 Å². The number of hydrogen-bond acceptors (Lipinski definition) is 8. The number of alkyl carbamates (subject to hydrolysis) is 1. The van der Waals surface area contributed by atoms with Gasteiger partial charge in [-0.25, -0.2) is 4.79 Å². The average Bonchev–Trinajstić information content (AvgIpc) is 2.97. The molecule has 43 heavy (non-hydrogen) atoms. The fourth-order valence-corrected chi connectivity index (χ4v) is 4.17. The van der Waals surface area contributed by atoms with Crippen LogP contribution < -0.4 is 24.3 Å². The van der Waals surface area contributed by atoms with E-state index in [-0.39, 0.29) is 19.1 Å². The van der Waals surface area contributed by atoms with Gasteiger partial charge in [0.1, 0.15) is 12.2 Å². The Kier molecular flexibility index (Phi) is 12.0. The minimum absolute atomic E-state index is 0.0562. The zero-order valence-corrected chi connectivity index (χ0v) is 25.9. The third-order valence-corrected chi connectivity index (χ3v) is 6.25. The zero-order valence-electron chi connectivity index (χ0n) is 25.9. The monoisotopic (exact) mass is 591 g/mol. The third kappa shape index (κ3) is 10.1. The van der Waals surface area contributed by atoms with Crippen molar-refractivity contribution in [1.82, 2.24) is 5.32 Å². The second kappa shape index (κ2) is 15.7. The molecule has 0 aliphatic carbocycles. The van der Waals surface area contributed by atoms with Gasteiger partial charge in [-0.3, -0.25) is 4.79 Å². The highest BCUT2D eigenvalue weighted by molar-refractivity contribution is 6.08. The molecular formula is C34H41NO8. The molecule has 0 saturated heterocycles. The van der Waals surface area contributed by atoms with Crippen LogP contribution in [-0.2, 0) is 22.5 Å². The van der Waals surface area contributed by atoms with Crippen LogP contribution in [-0.4, -0.2) is 52.1 Å². The molecule has 3 aromatic rings. The minimum atomic E-state index is -0.622. The van der Waals surface area contributed by atoms with Crippen molar-refractivity contribution in [1.29, 1.82) is 0 Å². The van der Waals surface area contributed by atoms with E-state index in [1.165, 1.54) is 20.3 Å². The Morgan fingerprint density at radius 2 is 1.53 bits per heavy atom. The summed E-state index contributed by atoms with van der Waals surface area (Å²) in [5, 5.41) is 2.76. The van der Waals surface area contributed by atoms with E-state index in [1.807, 2.05) is 43.3 Å². The summed E-state index contributed by atoms with van der Waals surface area (Å²) in [6.45, 7) is 7.95. The van der Waals surface area contributed by atoms with Crippen LogP contribution in [0.4, 0.5) is 4.79 Å². The molecule has 0 fully saturated rings. The third-order valence-electron chi connectivity index (χ3n) is 6.25. The highest BCUT2D eigenvalue weighted by Crippen LogP contribution is 2.34. The molecule has 0 atom stereocenters. The Labute approximate surface area is 253 Å². The first kappa shape index (κ1) is 33.0. The molecule has 3 aromatic carbocycles. The molecule has 0 bridgehead atoms. The van der Waals surface area contributed by atoms with E-state index >= 15 is 0 Å². The van der Waals surface area contributed by atoms with Crippen molar-refractivity contribution in [3.05, 3.63) is 88.5 Å². The molecule has 0 aliphatic heterocycles. The summed E-state index contributed by atoms with van der Waals surface area (Å²) >= 11 is 0. The van der Waals surface area contributed by atoms with E-state index in [4.69, 9.17) is 28.4 Å². The first-order valence-electron chi connectivity index (χ1n) is 13.9. The summed E-state index contributed by atoms with van der Waals surface area (Å²) < 4.78 is 33.1. The molecule has 230 valence electrons. The van der Waals surface area contributed by atoms with E-state index in [9.17, 15) is 9.59 Å². The van der Waals surface area contributed by atoms with Crippen molar-refractivity contribution < 1.29 is 38.0 Å². The van der Waals surface area contributed by atoms with Crippen LogP contribution in [0.5, 0.6) is 23.0 Å². The zero-order chi connectivity index (χ0) is 31.4. The summed E-state index contributed by atoms with van der Waals surface area (Å²) in [5.74, 6) is 1.73. The molecule has 0 unspecified atom stereocenters. The Hall–Kier alpha value is -4.50. The standard InChI is InChI=1S/C34H41NO8/c1-23-17-29(39-6)32(42-22-38-5)18-25(23)13-14-28(36)27-20-30(40-7)31(41-21-24-11-9-8-10-12-24)19-26(27)15-16-35-33(37)43-34(2,3)4/h8-14,17-20H,15-16,21-22H2,1-7H3,(H,35,37)/b14-13+. The fourth-order valence-electron chi connectivity index (χ4n) is 4.17. The summed E-state index contributed by atoms with van der Waals surface area (Å²) in [6, 6.07) is 16.8. The largest absolute Gasteiger partial charge is 0.493 e. The molecule has 0 radical (unpaired) electrons. The topological polar surface area (TPSA) is 102 Å². The van der Waals surface area contributed by atoms with Gasteiger partial charge in [0.15, 0.2) is 35.6 Å². The van der Waals surface area contributed by atoms with Crippen molar-refractivity contribution in [3.8, 4) is 23.0 Å². The SMILES string of the molecule is COCOc1cc(/C=C/C(=O)c2cc(OC)c(OCc3ccccc3)cc2CCNC(=O)OC(C)(C)C)c(C)cc1OC. The number of methoxy groups -OCH3 is 3.